The van der Waals surface area contributed by atoms with E-state index in [4.69, 9.17) is 9.15 Å². The van der Waals surface area contributed by atoms with E-state index in [1.165, 1.54) is 6.07 Å². The highest BCUT2D eigenvalue weighted by atomic mass is 16.5. The average molecular weight is 287 g/mol. The minimum atomic E-state index is -0.343. The largest absolute Gasteiger partial charge is 0.451 e. The third kappa shape index (κ3) is 3.13. The zero-order chi connectivity index (χ0) is 14.7. The maximum atomic E-state index is 12.1. The van der Waals surface area contributed by atoms with Crippen LogP contribution in [0.25, 0.3) is 11.0 Å². The first-order valence-corrected chi connectivity index (χ1v) is 7.13. The van der Waals surface area contributed by atoms with E-state index >= 15 is 0 Å². The lowest BCUT2D eigenvalue weighted by Crippen LogP contribution is -2.32. The van der Waals surface area contributed by atoms with Gasteiger partial charge in [-0.3, -0.25) is 9.59 Å². The fraction of sp³-hybridized carbons (Fsp3) is 0.375. The van der Waals surface area contributed by atoms with Crippen LogP contribution in [-0.4, -0.2) is 25.7 Å². The minimum Gasteiger partial charge on any atom is -0.451 e. The predicted molar refractivity (Wildman–Crippen MR) is 78.4 cm³/mol. The number of hydrogen-bond acceptors (Lipinski definition) is 4. The third-order valence-electron chi connectivity index (χ3n) is 3.75. The second-order valence-electron chi connectivity index (χ2n) is 5.24. The molecule has 3 rings (SSSR count). The standard InChI is InChI=1S/C16H17NO4/c18-13-9-15(21-14-4-2-1-3-12(13)14)16(19)17-10-11-5-7-20-8-6-11/h1-4,9,11H,5-8,10H2,(H,17,19). The topological polar surface area (TPSA) is 68.5 Å². The van der Waals surface area contributed by atoms with Crippen LogP contribution in [0.1, 0.15) is 23.4 Å². The summed E-state index contributed by atoms with van der Waals surface area (Å²) in [7, 11) is 0. The van der Waals surface area contributed by atoms with Gasteiger partial charge < -0.3 is 14.5 Å². The first kappa shape index (κ1) is 13.8. The fourth-order valence-electron chi connectivity index (χ4n) is 2.49. The zero-order valence-corrected chi connectivity index (χ0v) is 11.6. The molecule has 1 aliphatic heterocycles. The molecule has 0 unspecified atom stereocenters. The number of nitrogens with one attached hydrogen (secondary N) is 1. The number of rotatable bonds is 3. The van der Waals surface area contributed by atoms with Gasteiger partial charge in [-0.25, -0.2) is 0 Å². The van der Waals surface area contributed by atoms with Crippen molar-refractivity contribution in [1.82, 2.24) is 5.32 Å². The van der Waals surface area contributed by atoms with Crippen LogP contribution >= 0.6 is 0 Å². The van der Waals surface area contributed by atoms with Gasteiger partial charge in [0.1, 0.15) is 5.58 Å². The summed E-state index contributed by atoms with van der Waals surface area (Å²) < 4.78 is 10.8. The van der Waals surface area contributed by atoms with Gasteiger partial charge in [0.25, 0.3) is 5.91 Å². The molecule has 1 fully saturated rings. The molecule has 0 saturated carbocycles. The number of carbonyl (C=O) groups excluding carboxylic acids is 1. The van der Waals surface area contributed by atoms with Crippen molar-refractivity contribution in [3.63, 3.8) is 0 Å². The lowest BCUT2D eigenvalue weighted by Gasteiger charge is -2.21. The van der Waals surface area contributed by atoms with Gasteiger partial charge >= 0.3 is 0 Å². The molecular formula is C16H17NO4. The lowest BCUT2D eigenvalue weighted by molar-refractivity contribution is 0.0639. The summed E-state index contributed by atoms with van der Waals surface area (Å²) >= 11 is 0. The summed E-state index contributed by atoms with van der Waals surface area (Å²) in [6.45, 7) is 2.07. The third-order valence-corrected chi connectivity index (χ3v) is 3.75. The Hall–Kier alpha value is -2.14. The minimum absolute atomic E-state index is 0.0609. The molecule has 1 aromatic carbocycles. The van der Waals surface area contributed by atoms with Gasteiger partial charge in [0, 0.05) is 25.8 Å². The van der Waals surface area contributed by atoms with Crippen molar-refractivity contribution >= 4 is 16.9 Å². The Labute approximate surface area is 121 Å². The monoisotopic (exact) mass is 287 g/mol. The Morgan fingerprint density at radius 2 is 2.00 bits per heavy atom. The van der Waals surface area contributed by atoms with Crippen molar-refractivity contribution in [1.29, 1.82) is 0 Å². The molecule has 5 heteroatoms. The van der Waals surface area contributed by atoms with Crippen molar-refractivity contribution in [3.05, 3.63) is 46.3 Å². The molecule has 0 aliphatic carbocycles. The molecule has 0 bridgehead atoms. The van der Waals surface area contributed by atoms with Gasteiger partial charge in [0.15, 0.2) is 11.2 Å². The lowest BCUT2D eigenvalue weighted by atomic mass is 10.0. The zero-order valence-electron chi connectivity index (χ0n) is 11.6. The maximum Gasteiger partial charge on any atom is 0.287 e. The first-order chi connectivity index (χ1) is 10.2. The van der Waals surface area contributed by atoms with E-state index in [0.717, 1.165) is 26.1 Å². The first-order valence-electron chi connectivity index (χ1n) is 7.13. The number of hydrogen-bond donors (Lipinski definition) is 1. The van der Waals surface area contributed by atoms with Crippen LogP contribution in [-0.2, 0) is 4.74 Å². The second kappa shape index (κ2) is 6.10. The van der Waals surface area contributed by atoms with Gasteiger partial charge in [-0.05, 0) is 30.9 Å². The van der Waals surface area contributed by atoms with Crippen molar-refractivity contribution in [2.45, 2.75) is 12.8 Å². The molecule has 2 aromatic rings. The van der Waals surface area contributed by atoms with Crippen LogP contribution in [0, 0.1) is 5.92 Å². The molecule has 1 aliphatic rings. The molecule has 2 heterocycles. The van der Waals surface area contributed by atoms with Crippen LogP contribution in [0.3, 0.4) is 0 Å². The molecular weight excluding hydrogens is 270 g/mol. The maximum absolute atomic E-state index is 12.1. The van der Waals surface area contributed by atoms with Gasteiger partial charge in [-0.2, -0.15) is 0 Å². The fourth-order valence-corrected chi connectivity index (χ4v) is 2.49. The smallest absolute Gasteiger partial charge is 0.287 e. The highest BCUT2D eigenvalue weighted by molar-refractivity contribution is 5.93. The number of ether oxygens (including phenoxy) is 1. The van der Waals surface area contributed by atoms with Crippen LogP contribution < -0.4 is 10.7 Å². The van der Waals surface area contributed by atoms with E-state index in [9.17, 15) is 9.59 Å². The Kier molecular flexibility index (Phi) is 4.01. The molecule has 21 heavy (non-hydrogen) atoms. The van der Waals surface area contributed by atoms with E-state index in [1.54, 1.807) is 24.3 Å². The summed E-state index contributed by atoms with van der Waals surface area (Å²) in [5, 5.41) is 3.32. The van der Waals surface area contributed by atoms with Gasteiger partial charge in [-0.1, -0.05) is 12.1 Å². The van der Waals surface area contributed by atoms with Crippen molar-refractivity contribution in [2.75, 3.05) is 19.8 Å². The molecule has 0 spiro atoms. The number of fused-ring (bicyclic) bond motifs is 1. The van der Waals surface area contributed by atoms with Gasteiger partial charge in [0.2, 0.25) is 0 Å². The summed E-state index contributed by atoms with van der Waals surface area (Å²) in [5.41, 5.74) is 0.231. The normalized spacial score (nSPS) is 16.0. The van der Waals surface area contributed by atoms with Crippen molar-refractivity contribution in [3.8, 4) is 0 Å². The van der Waals surface area contributed by atoms with Crippen LogP contribution in [0.15, 0.2) is 39.5 Å². The summed E-state index contributed by atoms with van der Waals surface area (Å²) in [4.78, 5) is 24.1. The summed E-state index contributed by atoms with van der Waals surface area (Å²) in [6.07, 6.45) is 1.89. The van der Waals surface area contributed by atoms with E-state index in [1.807, 2.05) is 0 Å². The van der Waals surface area contributed by atoms with E-state index < -0.39 is 0 Å². The van der Waals surface area contributed by atoms with Crippen LogP contribution in [0.5, 0.6) is 0 Å². The summed E-state index contributed by atoms with van der Waals surface area (Å²) in [5.74, 6) is 0.144. The van der Waals surface area contributed by atoms with Crippen molar-refractivity contribution in [2.24, 2.45) is 5.92 Å². The second-order valence-corrected chi connectivity index (χ2v) is 5.24. The van der Waals surface area contributed by atoms with Gasteiger partial charge in [0.05, 0.1) is 5.39 Å². The van der Waals surface area contributed by atoms with E-state index in [2.05, 4.69) is 5.32 Å². The highest BCUT2D eigenvalue weighted by Gasteiger charge is 2.17. The molecule has 0 atom stereocenters. The van der Waals surface area contributed by atoms with Crippen LogP contribution in [0.2, 0.25) is 0 Å². The predicted octanol–water partition coefficient (Wildman–Crippen LogP) is 1.95. The molecule has 5 nitrogen and oxygen atoms in total. The Bertz CT molecular complexity index is 701. The van der Waals surface area contributed by atoms with Gasteiger partial charge in [-0.15, -0.1) is 0 Å². The number of amides is 1. The Morgan fingerprint density at radius 3 is 2.81 bits per heavy atom. The molecule has 0 radical (unpaired) electrons. The molecule has 110 valence electrons. The van der Waals surface area contributed by atoms with Crippen molar-refractivity contribution < 1.29 is 13.9 Å². The molecule has 1 aromatic heterocycles. The Morgan fingerprint density at radius 1 is 1.24 bits per heavy atom. The van der Waals surface area contributed by atoms with E-state index in [-0.39, 0.29) is 17.1 Å². The molecule has 1 saturated heterocycles. The quantitative estimate of drug-likeness (QED) is 0.937. The highest BCUT2D eigenvalue weighted by Crippen LogP contribution is 2.14. The van der Waals surface area contributed by atoms with E-state index in [0.29, 0.717) is 23.4 Å². The van der Waals surface area contributed by atoms with Crippen LogP contribution in [0.4, 0.5) is 0 Å². The SMILES string of the molecule is O=C(NCC1CCOCC1)c1cc(=O)c2ccccc2o1. The average Bonchev–Trinajstić information content (AvgIpc) is 2.53. The number of benzene rings is 1. The summed E-state index contributed by atoms with van der Waals surface area (Å²) in [6, 6.07) is 8.16. The molecule has 1 N–H and O–H groups in total. The number of para-hydroxylation sites is 1. The number of carbonyl (C=O) groups is 1. The Balaban J connectivity index is 1.73. The molecule has 1 amide bonds.